The molecule has 22 heavy (non-hydrogen) atoms. The van der Waals surface area contributed by atoms with Gasteiger partial charge in [-0.15, -0.1) is 0 Å². The summed E-state index contributed by atoms with van der Waals surface area (Å²) in [6, 6.07) is 12.1. The highest BCUT2D eigenvalue weighted by Gasteiger charge is 2.38. The van der Waals surface area contributed by atoms with Crippen LogP contribution in [0.4, 0.5) is 0 Å². The Labute approximate surface area is 133 Å². The van der Waals surface area contributed by atoms with Gasteiger partial charge in [-0.1, -0.05) is 36.8 Å². The Hall–Kier alpha value is -1.35. The van der Waals surface area contributed by atoms with E-state index in [1.54, 1.807) is 0 Å². The Balaban J connectivity index is 1.62. The predicted molar refractivity (Wildman–Crippen MR) is 87.4 cm³/mol. The molecule has 2 bridgehead atoms. The number of ether oxygens (including phenoxy) is 1. The van der Waals surface area contributed by atoms with Crippen molar-refractivity contribution in [2.45, 2.75) is 64.1 Å². The smallest absolute Gasteiger partial charge is 0.306 e. The van der Waals surface area contributed by atoms with E-state index in [0.717, 1.165) is 19.4 Å². The third-order valence-electron chi connectivity index (χ3n) is 5.19. The summed E-state index contributed by atoms with van der Waals surface area (Å²) < 4.78 is 5.14. The first-order valence-corrected chi connectivity index (χ1v) is 8.71. The van der Waals surface area contributed by atoms with Crippen LogP contribution in [0.1, 0.15) is 51.0 Å². The maximum atomic E-state index is 11.8. The van der Waals surface area contributed by atoms with Crippen molar-refractivity contribution < 1.29 is 9.53 Å². The van der Waals surface area contributed by atoms with E-state index in [9.17, 15) is 4.79 Å². The summed E-state index contributed by atoms with van der Waals surface area (Å²) in [4.78, 5) is 14.5. The van der Waals surface area contributed by atoms with Crippen molar-refractivity contribution in [1.29, 1.82) is 0 Å². The van der Waals surface area contributed by atoms with E-state index in [4.69, 9.17) is 4.74 Å². The molecule has 0 amide bonds. The Morgan fingerprint density at radius 3 is 2.50 bits per heavy atom. The SMILES string of the molecule is CCOC(=O)CC1CC2CCCC(C1)N2Cc1ccccc1. The molecular weight excluding hydrogens is 274 g/mol. The lowest BCUT2D eigenvalue weighted by molar-refractivity contribution is -0.145. The molecule has 2 unspecified atom stereocenters. The normalized spacial score (nSPS) is 28.3. The largest absolute Gasteiger partial charge is 0.466 e. The highest BCUT2D eigenvalue weighted by Crippen LogP contribution is 2.39. The van der Waals surface area contributed by atoms with Gasteiger partial charge in [-0.05, 0) is 44.1 Å². The van der Waals surface area contributed by atoms with Gasteiger partial charge in [-0.25, -0.2) is 0 Å². The summed E-state index contributed by atoms with van der Waals surface area (Å²) in [6.45, 7) is 3.44. The van der Waals surface area contributed by atoms with E-state index >= 15 is 0 Å². The van der Waals surface area contributed by atoms with Crippen molar-refractivity contribution in [3.63, 3.8) is 0 Å². The van der Waals surface area contributed by atoms with Gasteiger partial charge < -0.3 is 4.74 Å². The molecule has 2 aliphatic rings. The van der Waals surface area contributed by atoms with E-state index in [-0.39, 0.29) is 5.97 Å². The Morgan fingerprint density at radius 2 is 1.86 bits per heavy atom. The lowest BCUT2D eigenvalue weighted by Gasteiger charge is -2.49. The van der Waals surface area contributed by atoms with E-state index in [1.807, 2.05) is 6.92 Å². The highest BCUT2D eigenvalue weighted by atomic mass is 16.5. The fraction of sp³-hybridized carbons (Fsp3) is 0.632. The van der Waals surface area contributed by atoms with Gasteiger partial charge in [0.25, 0.3) is 0 Å². The number of carbonyl (C=O) groups excluding carboxylic acids is 1. The molecule has 3 heteroatoms. The topological polar surface area (TPSA) is 29.5 Å². The van der Waals surface area contributed by atoms with E-state index < -0.39 is 0 Å². The highest BCUT2D eigenvalue weighted by molar-refractivity contribution is 5.69. The number of nitrogens with zero attached hydrogens (tertiary/aromatic N) is 1. The van der Waals surface area contributed by atoms with E-state index in [1.165, 1.54) is 24.8 Å². The van der Waals surface area contributed by atoms with Crippen molar-refractivity contribution >= 4 is 5.97 Å². The van der Waals surface area contributed by atoms with Crippen molar-refractivity contribution in [3.8, 4) is 0 Å². The van der Waals surface area contributed by atoms with Crippen molar-refractivity contribution in [1.82, 2.24) is 4.90 Å². The first-order valence-electron chi connectivity index (χ1n) is 8.71. The van der Waals surface area contributed by atoms with Crippen LogP contribution in [0, 0.1) is 5.92 Å². The van der Waals surface area contributed by atoms with Crippen LogP contribution in [0.5, 0.6) is 0 Å². The van der Waals surface area contributed by atoms with Gasteiger partial charge in [0, 0.05) is 25.0 Å². The minimum Gasteiger partial charge on any atom is -0.466 e. The lowest BCUT2D eigenvalue weighted by Crippen LogP contribution is -2.51. The minimum absolute atomic E-state index is 0.0120. The van der Waals surface area contributed by atoms with E-state index in [2.05, 4.69) is 35.2 Å². The molecule has 2 atom stereocenters. The van der Waals surface area contributed by atoms with Crippen molar-refractivity contribution in [2.24, 2.45) is 5.92 Å². The molecule has 0 aliphatic carbocycles. The average molecular weight is 301 g/mol. The molecule has 0 saturated carbocycles. The summed E-state index contributed by atoms with van der Waals surface area (Å²) in [5.41, 5.74) is 1.41. The van der Waals surface area contributed by atoms with Crippen LogP contribution in [-0.2, 0) is 16.1 Å². The molecule has 2 aliphatic heterocycles. The minimum atomic E-state index is -0.0120. The number of piperidine rings is 2. The standard InChI is InChI=1S/C19H27NO2/c1-2-22-19(21)13-16-11-17-9-6-10-18(12-16)20(17)14-15-7-4-3-5-8-15/h3-5,7-8,16-18H,2,6,9-14H2,1H3. The quantitative estimate of drug-likeness (QED) is 0.775. The van der Waals surface area contributed by atoms with Gasteiger partial charge in [0.1, 0.15) is 0 Å². The number of carbonyl (C=O) groups is 1. The molecule has 3 rings (SSSR count). The molecule has 120 valence electrons. The van der Waals surface area contributed by atoms with Gasteiger partial charge in [0.2, 0.25) is 0 Å². The van der Waals surface area contributed by atoms with Crippen molar-refractivity contribution in [2.75, 3.05) is 6.61 Å². The molecule has 3 nitrogen and oxygen atoms in total. The summed E-state index contributed by atoms with van der Waals surface area (Å²) in [7, 11) is 0. The molecule has 0 spiro atoms. The van der Waals surface area contributed by atoms with Crippen LogP contribution in [0.3, 0.4) is 0 Å². The molecule has 1 aromatic rings. The van der Waals surface area contributed by atoms with Crippen LogP contribution in [-0.4, -0.2) is 29.6 Å². The Morgan fingerprint density at radius 1 is 1.18 bits per heavy atom. The molecule has 2 saturated heterocycles. The fourth-order valence-electron chi connectivity index (χ4n) is 4.27. The number of benzene rings is 1. The third kappa shape index (κ3) is 3.70. The van der Waals surface area contributed by atoms with Gasteiger partial charge in [-0.2, -0.15) is 0 Å². The zero-order valence-electron chi connectivity index (χ0n) is 13.5. The Bertz CT molecular complexity index is 473. The summed E-state index contributed by atoms with van der Waals surface area (Å²) in [6.07, 6.45) is 6.82. The summed E-state index contributed by atoms with van der Waals surface area (Å²) >= 11 is 0. The molecule has 0 N–H and O–H groups in total. The van der Waals surface area contributed by atoms with Gasteiger partial charge in [0.05, 0.1) is 6.61 Å². The Kier molecular flexibility index (Phi) is 5.14. The van der Waals surface area contributed by atoms with Crippen LogP contribution in [0.25, 0.3) is 0 Å². The van der Waals surface area contributed by atoms with Crippen LogP contribution in [0.2, 0.25) is 0 Å². The zero-order valence-corrected chi connectivity index (χ0v) is 13.5. The zero-order chi connectivity index (χ0) is 15.4. The van der Waals surface area contributed by atoms with Crippen LogP contribution < -0.4 is 0 Å². The number of rotatable bonds is 5. The van der Waals surface area contributed by atoms with Crippen molar-refractivity contribution in [3.05, 3.63) is 35.9 Å². The lowest BCUT2D eigenvalue weighted by atomic mass is 9.77. The van der Waals surface area contributed by atoms with Crippen LogP contribution in [0.15, 0.2) is 30.3 Å². The number of esters is 1. The van der Waals surface area contributed by atoms with Gasteiger partial charge >= 0.3 is 5.97 Å². The summed E-state index contributed by atoms with van der Waals surface area (Å²) in [5.74, 6) is 0.503. The summed E-state index contributed by atoms with van der Waals surface area (Å²) in [5, 5.41) is 0. The number of hydrogen-bond donors (Lipinski definition) is 0. The second kappa shape index (κ2) is 7.28. The molecule has 1 aromatic carbocycles. The molecule has 0 aromatic heterocycles. The second-order valence-corrected chi connectivity index (χ2v) is 6.74. The average Bonchev–Trinajstić information content (AvgIpc) is 2.49. The second-order valence-electron chi connectivity index (χ2n) is 6.74. The van der Waals surface area contributed by atoms with Gasteiger partial charge in [-0.3, -0.25) is 9.69 Å². The number of fused-ring (bicyclic) bond motifs is 2. The third-order valence-corrected chi connectivity index (χ3v) is 5.19. The fourth-order valence-corrected chi connectivity index (χ4v) is 4.27. The van der Waals surface area contributed by atoms with Crippen LogP contribution >= 0.6 is 0 Å². The molecular formula is C19H27NO2. The van der Waals surface area contributed by atoms with Gasteiger partial charge in [0.15, 0.2) is 0 Å². The first-order chi connectivity index (χ1) is 10.8. The molecule has 0 radical (unpaired) electrons. The maximum absolute atomic E-state index is 11.8. The first kappa shape index (κ1) is 15.5. The predicted octanol–water partition coefficient (Wildman–Crippen LogP) is 3.77. The monoisotopic (exact) mass is 301 g/mol. The van der Waals surface area contributed by atoms with E-state index in [0.29, 0.717) is 31.0 Å². The number of hydrogen-bond acceptors (Lipinski definition) is 3. The molecule has 2 heterocycles. The maximum Gasteiger partial charge on any atom is 0.306 e. The molecule has 2 fully saturated rings.